The van der Waals surface area contributed by atoms with Gasteiger partial charge in [0.2, 0.25) is 0 Å². The highest BCUT2D eigenvalue weighted by atomic mass is 35.7. The normalized spacial score (nSPS) is 11.4. The van der Waals surface area contributed by atoms with Gasteiger partial charge in [-0.15, -0.1) is 0 Å². The van der Waals surface area contributed by atoms with Gasteiger partial charge >= 0.3 is 5.69 Å². The summed E-state index contributed by atoms with van der Waals surface area (Å²) < 4.78 is 22.0. The van der Waals surface area contributed by atoms with Crippen molar-refractivity contribution in [2.45, 2.75) is 11.8 Å². The summed E-state index contributed by atoms with van der Waals surface area (Å²) in [6.45, 7) is 1.53. The van der Waals surface area contributed by atoms with Crippen LogP contribution in [0, 0.1) is 17.0 Å². The lowest BCUT2D eigenvalue weighted by Crippen LogP contribution is -2.00. The van der Waals surface area contributed by atoms with Gasteiger partial charge in [-0.1, -0.05) is 17.7 Å². The Morgan fingerprint density at radius 1 is 1.40 bits per heavy atom. The fourth-order valence-electron chi connectivity index (χ4n) is 1.01. The molecule has 5 nitrogen and oxygen atoms in total. The lowest BCUT2D eigenvalue weighted by molar-refractivity contribution is -0.387. The minimum Gasteiger partial charge on any atom is -0.258 e. The van der Waals surface area contributed by atoms with Crippen molar-refractivity contribution < 1.29 is 13.3 Å². The fraction of sp³-hybridized carbons (Fsp3) is 0.143. The van der Waals surface area contributed by atoms with Crippen LogP contribution in [-0.2, 0) is 9.05 Å². The Balaban J connectivity index is 3.70. The van der Waals surface area contributed by atoms with Crippen LogP contribution >= 0.6 is 22.3 Å². The van der Waals surface area contributed by atoms with Crippen LogP contribution in [0.3, 0.4) is 0 Å². The number of nitro benzene ring substituents is 1. The topological polar surface area (TPSA) is 77.3 Å². The first-order valence-corrected chi connectivity index (χ1v) is 6.32. The summed E-state index contributed by atoms with van der Waals surface area (Å²) in [4.78, 5) is 9.18. The Bertz CT molecular complexity index is 526. The summed E-state index contributed by atoms with van der Waals surface area (Å²) in [7, 11) is 0.870. The maximum absolute atomic E-state index is 11.0. The number of rotatable bonds is 2. The van der Waals surface area contributed by atoms with Crippen LogP contribution in [0.15, 0.2) is 17.0 Å². The molecule has 0 spiro atoms. The molecule has 0 unspecified atom stereocenters. The number of benzene rings is 1. The van der Waals surface area contributed by atoms with Crippen molar-refractivity contribution in [1.82, 2.24) is 0 Å². The smallest absolute Gasteiger partial charge is 0.258 e. The van der Waals surface area contributed by atoms with E-state index < -0.39 is 24.6 Å². The van der Waals surface area contributed by atoms with Gasteiger partial charge in [0.1, 0.15) is 5.02 Å². The molecular formula is C7H5Cl2NO4S. The quantitative estimate of drug-likeness (QED) is 0.470. The largest absolute Gasteiger partial charge is 0.307 e. The SMILES string of the molecule is Cc1ccc(S(=O)(=O)Cl)c([N+](=O)[O-])c1Cl. The lowest BCUT2D eigenvalue weighted by atomic mass is 10.2. The second-order valence-corrected chi connectivity index (χ2v) is 5.65. The first kappa shape index (κ1) is 12.2. The second kappa shape index (κ2) is 3.96. The van der Waals surface area contributed by atoms with Gasteiger partial charge in [-0.3, -0.25) is 10.1 Å². The molecule has 0 heterocycles. The maximum atomic E-state index is 11.0. The van der Waals surface area contributed by atoms with Gasteiger partial charge < -0.3 is 0 Å². The van der Waals surface area contributed by atoms with Gasteiger partial charge in [0.15, 0.2) is 4.90 Å². The molecule has 0 saturated heterocycles. The molecule has 0 aromatic heterocycles. The second-order valence-electron chi connectivity index (χ2n) is 2.74. The van der Waals surface area contributed by atoms with Gasteiger partial charge in [-0.2, -0.15) is 0 Å². The van der Waals surface area contributed by atoms with E-state index in [2.05, 4.69) is 0 Å². The Kier molecular flexibility index (Phi) is 3.22. The van der Waals surface area contributed by atoms with Crippen molar-refractivity contribution >= 4 is 37.0 Å². The Hall–Kier alpha value is -0.850. The molecule has 0 bridgehead atoms. The van der Waals surface area contributed by atoms with Gasteiger partial charge in [0, 0.05) is 10.7 Å². The van der Waals surface area contributed by atoms with E-state index in [4.69, 9.17) is 22.3 Å². The van der Waals surface area contributed by atoms with Crippen molar-refractivity contribution in [1.29, 1.82) is 0 Å². The summed E-state index contributed by atoms with van der Waals surface area (Å²) in [5, 5.41) is 10.4. The molecule has 0 fully saturated rings. The third-order valence-electron chi connectivity index (χ3n) is 1.72. The zero-order chi connectivity index (χ0) is 11.8. The summed E-state index contributed by atoms with van der Waals surface area (Å²) in [6.07, 6.45) is 0. The molecule has 0 aliphatic carbocycles. The molecule has 0 aliphatic heterocycles. The van der Waals surface area contributed by atoms with E-state index in [0.29, 0.717) is 5.56 Å². The molecule has 0 N–H and O–H groups in total. The van der Waals surface area contributed by atoms with E-state index in [9.17, 15) is 18.5 Å². The van der Waals surface area contributed by atoms with E-state index in [1.165, 1.54) is 13.0 Å². The average molecular weight is 270 g/mol. The van der Waals surface area contributed by atoms with Crippen LogP contribution in [0.5, 0.6) is 0 Å². The molecule has 0 aliphatic rings. The van der Waals surface area contributed by atoms with Crippen LogP contribution in [0.2, 0.25) is 5.02 Å². The summed E-state index contributed by atoms with van der Waals surface area (Å²) in [5.74, 6) is 0. The monoisotopic (exact) mass is 269 g/mol. The molecule has 0 atom stereocenters. The zero-order valence-electron chi connectivity index (χ0n) is 7.40. The zero-order valence-corrected chi connectivity index (χ0v) is 9.73. The van der Waals surface area contributed by atoms with Gasteiger partial charge in [-0.05, 0) is 18.6 Å². The predicted octanol–water partition coefficient (Wildman–Crippen LogP) is 2.48. The van der Waals surface area contributed by atoms with E-state index in [-0.39, 0.29) is 5.02 Å². The standard InChI is InChI=1S/C7H5Cl2NO4S/c1-4-2-3-5(15(9,13)14)7(6(4)8)10(11)12/h2-3H,1H3. The molecule has 0 radical (unpaired) electrons. The number of halogens is 2. The van der Waals surface area contributed by atoms with Crippen molar-refractivity contribution in [2.24, 2.45) is 0 Å². The number of hydrogen-bond acceptors (Lipinski definition) is 4. The molecule has 82 valence electrons. The third kappa shape index (κ3) is 2.39. The first-order valence-electron chi connectivity index (χ1n) is 3.63. The molecule has 0 saturated carbocycles. The third-order valence-corrected chi connectivity index (χ3v) is 3.55. The Morgan fingerprint density at radius 3 is 2.33 bits per heavy atom. The fourth-order valence-corrected chi connectivity index (χ4v) is 2.32. The number of nitro groups is 1. The molecule has 1 rings (SSSR count). The highest BCUT2D eigenvalue weighted by Crippen LogP contribution is 2.35. The number of hydrogen-bond donors (Lipinski definition) is 0. The number of nitrogens with zero attached hydrogens (tertiary/aromatic N) is 1. The predicted molar refractivity (Wildman–Crippen MR) is 55.9 cm³/mol. The lowest BCUT2D eigenvalue weighted by Gasteiger charge is -2.03. The molecule has 1 aromatic rings. The minimum absolute atomic E-state index is 0.221. The summed E-state index contributed by atoms with van der Waals surface area (Å²) in [5.41, 5.74) is -0.279. The van der Waals surface area contributed by atoms with Crippen LogP contribution < -0.4 is 0 Å². The maximum Gasteiger partial charge on any atom is 0.307 e. The van der Waals surface area contributed by atoms with E-state index >= 15 is 0 Å². The van der Waals surface area contributed by atoms with Crippen LogP contribution in [-0.4, -0.2) is 13.3 Å². The molecular weight excluding hydrogens is 265 g/mol. The van der Waals surface area contributed by atoms with Crippen LogP contribution in [0.25, 0.3) is 0 Å². The summed E-state index contributed by atoms with van der Waals surface area (Å²) >= 11 is 5.63. The van der Waals surface area contributed by atoms with Crippen molar-refractivity contribution in [2.75, 3.05) is 0 Å². The van der Waals surface area contributed by atoms with Gasteiger partial charge in [-0.25, -0.2) is 8.42 Å². The number of aryl methyl sites for hydroxylation is 1. The summed E-state index contributed by atoms with van der Waals surface area (Å²) in [6, 6.07) is 2.41. The Morgan fingerprint density at radius 2 is 1.93 bits per heavy atom. The van der Waals surface area contributed by atoms with Crippen molar-refractivity contribution in [3.8, 4) is 0 Å². The minimum atomic E-state index is -4.17. The van der Waals surface area contributed by atoms with Gasteiger partial charge in [0.25, 0.3) is 9.05 Å². The average Bonchev–Trinajstić information content (AvgIpc) is 2.06. The highest BCUT2D eigenvalue weighted by molar-refractivity contribution is 8.13. The highest BCUT2D eigenvalue weighted by Gasteiger charge is 2.28. The molecule has 15 heavy (non-hydrogen) atoms. The first-order chi connectivity index (χ1) is 6.75. The van der Waals surface area contributed by atoms with E-state index in [0.717, 1.165) is 6.07 Å². The van der Waals surface area contributed by atoms with Crippen LogP contribution in [0.1, 0.15) is 5.56 Å². The van der Waals surface area contributed by atoms with Crippen LogP contribution in [0.4, 0.5) is 5.69 Å². The molecule has 0 amide bonds. The van der Waals surface area contributed by atoms with Crippen molar-refractivity contribution in [3.63, 3.8) is 0 Å². The Labute approximate surface area is 95.2 Å². The van der Waals surface area contributed by atoms with Gasteiger partial charge in [0.05, 0.1) is 4.92 Å². The van der Waals surface area contributed by atoms with E-state index in [1.54, 1.807) is 0 Å². The van der Waals surface area contributed by atoms with Crippen molar-refractivity contribution in [3.05, 3.63) is 32.8 Å². The molecule has 8 heteroatoms. The van der Waals surface area contributed by atoms with E-state index in [1.807, 2.05) is 0 Å². The molecule has 1 aromatic carbocycles.